The Hall–Kier alpha value is -6.18. The minimum Gasteiger partial charge on any atom is -0.309 e. The van der Waals surface area contributed by atoms with Crippen LogP contribution in [0.5, 0.6) is 0 Å². The first-order valence-electron chi connectivity index (χ1n) is 16.5. The second kappa shape index (κ2) is 13.8. The highest BCUT2D eigenvalue weighted by molar-refractivity contribution is 6.23. The fourth-order valence-corrected chi connectivity index (χ4v) is 6.58. The fourth-order valence-electron chi connectivity index (χ4n) is 6.58. The average Bonchev–Trinajstić information content (AvgIpc) is 3.15. The molecule has 0 bridgehead atoms. The minimum atomic E-state index is -4.70. The molecule has 0 radical (unpaired) electrons. The molecule has 7 rings (SSSR count). The lowest BCUT2D eigenvalue weighted by atomic mass is 9.95. The van der Waals surface area contributed by atoms with Crippen molar-refractivity contribution in [2.24, 2.45) is 0 Å². The van der Waals surface area contributed by atoms with Crippen LogP contribution in [0, 0.1) is 0 Å². The lowest BCUT2D eigenvalue weighted by molar-refractivity contribution is -0.138. The molecule has 0 aliphatic heterocycles. The lowest BCUT2D eigenvalue weighted by Gasteiger charge is -2.33. The van der Waals surface area contributed by atoms with E-state index in [4.69, 9.17) is 0 Å². The van der Waals surface area contributed by atoms with Crippen molar-refractivity contribution < 1.29 is 52.7 Å². The predicted molar refractivity (Wildman–Crippen MR) is 191 cm³/mol. The molecule has 0 atom stereocenters. The summed E-state index contributed by atoms with van der Waals surface area (Å²) in [6.07, 6.45) is -18.8. The Labute approximate surface area is 310 Å². The number of anilines is 6. The molecule has 0 aromatic heterocycles. The van der Waals surface area contributed by atoms with Gasteiger partial charge in [0.25, 0.3) is 0 Å². The van der Waals surface area contributed by atoms with E-state index in [1.807, 2.05) is 0 Å². The minimum absolute atomic E-state index is 0.142. The average molecular weight is 785 g/mol. The van der Waals surface area contributed by atoms with Gasteiger partial charge in [0.2, 0.25) is 0 Å². The van der Waals surface area contributed by atoms with E-state index < -0.39 is 47.0 Å². The zero-order chi connectivity index (χ0) is 40.2. The van der Waals surface area contributed by atoms with Gasteiger partial charge >= 0.3 is 24.7 Å². The van der Waals surface area contributed by atoms with Crippen LogP contribution in [0.3, 0.4) is 0 Å². The molecule has 286 valence electrons. The number of halogens is 12. The molecule has 0 N–H and O–H groups in total. The first-order chi connectivity index (χ1) is 26.3. The predicted octanol–water partition coefficient (Wildman–Crippen LogP) is 15.0. The van der Waals surface area contributed by atoms with E-state index in [2.05, 4.69) is 0 Å². The molecule has 0 saturated carbocycles. The number of hydrogen-bond donors (Lipinski definition) is 0. The Morgan fingerprint density at radius 3 is 0.589 bits per heavy atom. The molecule has 0 fully saturated rings. The zero-order valence-electron chi connectivity index (χ0n) is 28.3. The highest BCUT2D eigenvalue weighted by Crippen LogP contribution is 2.51. The van der Waals surface area contributed by atoms with Gasteiger partial charge in [0, 0.05) is 44.3 Å². The summed E-state index contributed by atoms with van der Waals surface area (Å²) in [4.78, 5) is 2.99. The number of rotatable bonds is 6. The van der Waals surface area contributed by atoms with Gasteiger partial charge in [-0.3, -0.25) is 0 Å². The van der Waals surface area contributed by atoms with E-state index >= 15 is 0 Å². The molecule has 0 unspecified atom stereocenters. The number of benzene rings is 7. The Balaban J connectivity index is 1.55. The molecule has 0 spiro atoms. The number of hydrogen-bond acceptors (Lipinski definition) is 2. The summed E-state index contributed by atoms with van der Waals surface area (Å²) < 4.78 is 164. The van der Waals surface area contributed by atoms with E-state index in [1.54, 1.807) is 48.5 Å². The zero-order valence-corrected chi connectivity index (χ0v) is 28.3. The summed E-state index contributed by atoms with van der Waals surface area (Å²) in [5, 5.41) is 1.57. The number of fused-ring (bicyclic) bond motifs is 2. The Morgan fingerprint density at radius 2 is 0.429 bits per heavy atom. The quantitative estimate of drug-likeness (QED) is 0.0941. The lowest BCUT2D eigenvalue weighted by Crippen LogP contribution is -2.16. The standard InChI is InChI=1S/C42H24F12N2/c43-39(44,45)25-9-17-29(18-10-25)55(30-19-11-26(12-20-30)40(46,47)48)37-33-5-1-2-6-34(33)38(36-8-4-3-7-35(36)37)56(31-21-13-27(14-22-31)41(49,50)51)32-23-15-28(16-24-32)42(52,53)54/h1-24H. The van der Waals surface area contributed by atoms with Crippen molar-refractivity contribution in [3.05, 3.63) is 168 Å². The maximum absolute atomic E-state index is 13.7. The van der Waals surface area contributed by atoms with Gasteiger partial charge in [-0.2, -0.15) is 52.7 Å². The van der Waals surface area contributed by atoms with E-state index in [0.29, 0.717) is 32.9 Å². The summed E-state index contributed by atoms with van der Waals surface area (Å²) in [6, 6.07) is 29.3. The molecule has 2 nitrogen and oxygen atoms in total. The van der Waals surface area contributed by atoms with Crippen molar-refractivity contribution in [3.8, 4) is 0 Å². The smallest absolute Gasteiger partial charge is 0.309 e. The summed E-state index contributed by atoms with van der Waals surface area (Å²) in [7, 11) is 0. The summed E-state index contributed by atoms with van der Waals surface area (Å²) >= 11 is 0. The molecular weight excluding hydrogens is 760 g/mol. The molecule has 0 saturated heterocycles. The normalized spacial score (nSPS) is 12.6. The van der Waals surface area contributed by atoms with Crippen LogP contribution in [-0.2, 0) is 24.7 Å². The third-order valence-corrected chi connectivity index (χ3v) is 9.13. The number of nitrogens with zero attached hydrogens (tertiary/aromatic N) is 2. The maximum atomic E-state index is 13.7. The van der Waals surface area contributed by atoms with Crippen LogP contribution in [0.1, 0.15) is 22.3 Å². The molecular formula is C42H24F12N2. The Kier molecular flexibility index (Phi) is 9.42. The summed E-state index contributed by atoms with van der Waals surface area (Å²) in [6.45, 7) is 0. The molecule has 7 aromatic rings. The van der Waals surface area contributed by atoms with Crippen LogP contribution in [0.2, 0.25) is 0 Å². The molecule has 0 amide bonds. The van der Waals surface area contributed by atoms with Crippen LogP contribution < -0.4 is 9.80 Å². The van der Waals surface area contributed by atoms with Gasteiger partial charge in [0.05, 0.1) is 33.6 Å². The highest BCUT2D eigenvalue weighted by atomic mass is 19.4. The van der Waals surface area contributed by atoms with Crippen molar-refractivity contribution in [2.45, 2.75) is 24.7 Å². The van der Waals surface area contributed by atoms with Crippen molar-refractivity contribution in [3.63, 3.8) is 0 Å². The second-order valence-electron chi connectivity index (χ2n) is 12.6. The van der Waals surface area contributed by atoms with Gasteiger partial charge < -0.3 is 9.80 Å². The third-order valence-electron chi connectivity index (χ3n) is 9.13. The van der Waals surface area contributed by atoms with Crippen LogP contribution in [0.15, 0.2) is 146 Å². The second-order valence-corrected chi connectivity index (χ2v) is 12.6. The van der Waals surface area contributed by atoms with Crippen molar-refractivity contribution in [1.82, 2.24) is 0 Å². The SMILES string of the molecule is FC(F)(F)c1ccc(N(c2ccc(C(F)(F)F)cc2)c2c3ccccc3c(N(c3ccc(C(F)(F)F)cc3)c3ccc(C(F)(F)F)cc3)c3ccccc23)cc1. The molecule has 7 aromatic carbocycles. The van der Waals surface area contributed by atoms with Crippen molar-refractivity contribution in [2.75, 3.05) is 9.80 Å². The first-order valence-corrected chi connectivity index (χ1v) is 16.5. The monoisotopic (exact) mass is 784 g/mol. The van der Waals surface area contributed by atoms with Crippen molar-refractivity contribution >= 4 is 55.7 Å². The van der Waals surface area contributed by atoms with E-state index in [-0.39, 0.29) is 22.7 Å². The molecule has 0 aliphatic rings. The van der Waals surface area contributed by atoms with Gasteiger partial charge in [0.15, 0.2) is 0 Å². The van der Waals surface area contributed by atoms with Gasteiger partial charge in [-0.15, -0.1) is 0 Å². The van der Waals surface area contributed by atoms with Crippen LogP contribution in [0.4, 0.5) is 86.8 Å². The van der Waals surface area contributed by atoms with E-state index in [1.165, 1.54) is 58.3 Å². The molecule has 0 heterocycles. The topological polar surface area (TPSA) is 6.48 Å². The summed E-state index contributed by atoms with van der Waals surface area (Å²) in [5.41, 5.74) is -2.68. The van der Waals surface area contributed by atoms with Crippen molar-refractivity contribution in [1.29, 1.82) is 0 Å². The fraction of sp³-hybridized carbons (Fsp3) is 0.0952. The molecule has 0 aliphatic carbocycles. The van der Waals surface area contributed by atoms with Crippen LogP contribution in [-0.4, -0.2) is 0 Å². The van der Waals surface area contributed by atoms with Gasteiger partial charge in [-0.05, 0) is 97.1 Å². The van der Waals surface area contributed by atoms with E-state index in [9.17, 15) is 52.7 Å². The maximum Gasteiger partial charge on any atom is 0.416 e. The van der Waals surface area contributed by atoms with E-state index in [0.717, 1.165) is 48.5 Å². The third kappa shape index (κ3) is 7.30. The molecule has 14 heteroatoms. The molecule has 56 heavy (non-hydrogen) atoms. The van der Waals surface area contributed by atoms with Gasteiger partial charge in [-0.25, -0.2) is 0 Å². The van der Waals surface area contributed by atoms with Gasteiger partial charge in [-0.1, -0.05) is 48.5 Å². The highest BCUT2D eigenvalue weighted by Gasteiger charge is 2.34. The number of alkyl halides is 12. The first kappa shape index (κ1) is 38.1. The Morgan fingerprint density at radius 1 is 0.250 bits per heavy atom. The van der Waals surface area contributed by atoms with Crippen LogP contribution >= 0.6 is 0 Å². The van der Waals surface area contributed by atoms with Gasteiger partial charge in [0.1, 0.15) is 0 Å². The largest absolute Gasteiger partial charge is 0.416 e. The van der Waals surface area contributed by atoms with Crippen LogP contribution in [0.25, 0.3) is 21.5 Å². The summed E-state index contributed by atoms with van der Waals surface area (Å²) in [5.74, 6) is 0. The Bertz CT molecular complexity index is 2150.